The molecule has 1 saturated heterocycles. The van der Waals surface area contributed by atoms with Crippen molar-refractivity contribution in [2.45, 2.75) is 19.8 Å². The summed E-state index contributed by atoms with van der Waals surface area (Å²) in [7, 11) is 0. The smallest absolute Gasteiger partial charge is 0.246 e. The maximum Gasteiger partial charge on any atom is 0.246 e. The van der Waals surface area contributed by atoms with Crippen LogP contribution in [0.5, 0.6) is 5.75 Å². The maximum absolute atomic E-state index is 12.4. The van der Waals surface area contributed by atoms with Crippen LogP contribution in [0.4, 0.5) is 5.82 Å². The molecule has 0 bridgehead atoms. The van der Waals surface area contributed by atoms with Gasteiger partial charge in [0.2, 0.25) is 11.8 Å². The number of likely N-dealkylation sites (tertiary alicyclic amines) is 1. The number of aromatic nitrogens is 1. The second-order valence-corrected chi connectivity index (χ2v) is 7.22. The number of amides is 2. The Morgan fingerprint density at radius 3 is 2.55 bits per heavy atom. The molecule has 0 radical (unpaired) electrons. The van der Waals surface area contributed by atoms with Crippen LogP contribution in [0.3, 0.4) is 0 Å². The first-order chi connectivity index (χ1) is 14.0. The van der Waals surface area contributed by atoms with Gasteiger partial charge in [-0.1, -0.05) is 23.7 Å². The van der Waals surface area contributed by atoms with Crippen molar-refractivity contribution < 1.29 is 14.3 Å². The number of anilines is 1. The SMILES string of the molecule is CCOc1ccc(C=CC(=O)N2CCC(C(=O)Nc3ccc(Cl)cn3)CC2)cc1. The first-order valence-corrected chi connectivity index (χ1v) is 10.0. The summed E-state index contributed by atoms with van der Waals surface area (Å²) in [6, 6.07) is 10.9. The summed E-state index contributed by atoms with van der Waals surface area (Å²) in [6.07, 6.45) is 6.12. The number of rotatable bonds is 6. The molecule has 3 rings (SSSR count). The fourth-order valence-electron chi connectivity index (χ4n) is 3.15. The van der Waals surface area contributed by atoms with Crippen molar-refractivity contribution in [3.63, 3.8) is 0 Å². The molecule has 1 fully saturated rings. The number of carbonyl (C=O) groups excluding carboxylic acids is 2. The van der Waals surface area contributed by atoms with Crippen LogP contribution in [0.2, 0.25) is 5.02 Å². The van der Waals surface area contributed by atoms with Gasteiger partial charge in [0.15, 0.2) is 0 Å². The van der Waals surface area contributed by atoms with Crippen molar-refractivity contribution in [1.82, 2.24) is 9.88 Å². The number of pyridine rings is 1. The van der Waals surface area contributed by atoms with E-state index in [-0.39, 0.29) is 17.7 Å². The molecule has 6 nitrogen and oxygen atoms in total. The maximum atomic E-state index is 12.4. The zero-order valence-electron chi connectivity index (χ0n) is 16.3. The number of benzene rings is 1. The monoisotopic (exact) mass is 413 g/mol. The highest BCUT2D eigenvalue weighted by Gasteiger charge is 2.26. The average Bonchev–Trinajstić information content (AvgIpc) is 2.75. The molecule has 2 aromatic rings. The molecular weight excluding hydrogens is 390 g/mol. The predicted molar refractivity (Wildman–Crippen MR) is 114 cm³/mol. The number of hydrogen-bond acceptors (Lipinski definition) is 4. The standard InChI is InChI=1S/C22H24ClN3O3/c1-2-29-19-7-3-16(4-8-19)5-10-21(27)26-13-11-17(12-14-26)22(28)25-20-9-6-18(23)15-24-20/h3-10,15,17H,2,11-14H2,1H3,(H,24,25,28). The first kappa shape index (κ1) is 20.9. The zero-order valence-corrected chi connectivity index (χ0v) is 17.1. The van der Waals surface area contributed by atoms with E-state index >= 15 is 0 Å². The Morgan fingerprint density at radius 1 is 1.21 bits per heavy atom. The molecular formula is C22H24ClN3O3. The normalized spacial score (nSPS) is 14.8. The summed E-state index contributed by atoms with van der Waals surface area (Å²) < 4.78 is 5.41. The number of halogens is 1. The summed E-state index contributed by atoms with van der Waals surface area (Å²) in [5, 5.41) is 3.33. The van der Waals surface area contributed by atoms with Crippen molar-refractivity contribution in [3.8, 4) is 5.75 Å². The minimum absolute atomic E-state index is 0.0443. The fraction of sp³-hybridized carbons (Fsp3) is 0.318. The zero-order chi connectivity index (χ0) is 20.6. The Morgan fingerprint density at radius 2 is 1.93 bits per heavy atom. The van der Waals surface area contributed by atoms with Crippen LogP contribution in [-0.4, -0.2) is 41.4 Å². The largest absolute Gasteiger partial charge is 0.494 e. The second-order valence-electron chi connectivity index (χ2n) is 6.79. The Bertz CT molecular complexity index is 858. The van der Waals surface area contributed by atoms with E-state index in [0.29, 0.717) is 43.4 Å². The van der Waals surface area contributed by atoms with Crippen LogP contribution in [0.1, 0.15) is 25.3 Å². The van der Waals surface area contributed by atoms with E-state index in [1.54, 1.807) is 29.2 Å². The number of ether oxygens (including phenoxy) is 1. The molecule has 0 unspecified atom stereocenters. The molecule has 0 spiro atoms. The minimum atomic E-state index is -0.133. The van der Waals surface area contributed by atoms with Crippen molar-refractivity contribution in [1.29, 1.82) is 0 Å². The summed E-state index contributed by atoms with van der Waals surface area (Å²) >= 11 is 5.80. The highest BCUT2D eigenvalue weighted by Crippen LogP contribution is 2.20. The van der Waals surface area contributed by atoms with Gasteiger partial charge in [0.25, 0.3) is 0 Å². The lowest BCUT2D eigenvalue weighted by Gasteiger charge is -2.30. The third kappa shape index (κ3) is 6.06. The number of nitrogens with zero attached hydrogens (tertiary/aromatic N) is 2. The van der Waals surface area contributed by atoms with Gasteiger partial charge >= 0.3 is 0 Å². The molecule has 2 heterocycles. The Balaban J connectivity index is 1.47. The quantitative estimate of drug-likeness (QED) is 0.726. The van der Waals surface area contributed by atoms with Gasteiger partial charge in [0.05, 0.1) is 11.6 Å². The van der Waals surface area contributed by atoms with E-state index < -0.39 is 0 Å². The second kappa shape index (κ2) is 10.1. The van der Waals surface area contributed by atoms with Crippen molar-refractivity contribution in [3.05, 3.63) is 59.3 Å². The molecule has 1 aromatic heterocycles. The molecule has 1 aromatic carbocycles. The van der Waals surface area contributed by atoms with Crippen LogP contribution in [0.25, 0.3) is 6.08 Å². The molecule has 1 aliphatic rings. The van der Waals surface area contributed by atoms with Gasteiger partial charge in [-0.25, -0.2) is 4.98 Å². The number of carbonyl (C=O) groups is 2. The summed E-state index contributed by atoms with van der Waals surface area (Å²) in [4.78, 5) is 30.7. The van der Waals surface area contributed by atoms with E-state index in [1.807, 2.05) is 31.2 Å². The van der Waals surface area contributed by atoms with E-state index in [2.05, 4.69) is 10.3 Å². The van der Waals surface area contributed by atoms with Crippen LogP contribution >= 0.6 is 11.6 Å². The minimum Gasteiger partial charge on any atom is -0.494 e. The number of piperidine rings is 1. The molecule has 7 heteroatoms. The van der Waals surface area contributed by atoms with E-state index in [9.17, 15) is 9.59 Å². The van der Waals surface area contributed by atoms with Gasteiger partial charge in [-0.05, 0) is 55.7 Å². The van der Waals surface area contributed by atoms with Gasteiger partial charge in [-0.3, -0.25) is 9.59 Å². The Labute approximate surface area is 175 Å². The van der Waals surface area contributed by atoms with Crippen molar-refractivity contribution in [2.75, 3.05) is 25.0 Å². The van der Waals surface area contributed by atoms with Crippen LogP contribution in [0.15, 0.2) is 48.7 Å². The van der Waals surface area contributed by atoms with Gasteiger partial charge < -0.3 is 15.0 Å². The molecule has 152 valence electrons. The molecule has 1 aliphatic heterocycles. The van der Waals surface area contributed by atoms with Gasteiger partial charge in [-0.2, -0.15) is 0 Å². The molecule has 0 aliphatic carbocycles. The van der Waals surface area contributed by atoms with Crippen molar-refractivity contribution in [2.24, 2.45) is 5.92 Å². The highest BCUT2D eigenvalue weighted by molar-refractivity contribution is 6.30. The van der Waals surface area contributed by atoms with E-state index in [4.69, 9.17) is 16.3 Å². The molecule has 1 N–H and O–H groups in total. The summed E-state index contributed by atoms with van der Waals surface area (Å²) in [5.74, 6) is 1.04. The van der Waals surface area contributed by atoms with Gasteiger partial charge in [0.1, 0.15) is 11.6 Å². The van der Waals surface area contributed by atoms with E-state index in [1.165, 1.54) is 6.20 Å². The number of hydrogen-bond donors (Lipinski definition) is 1. The third-order valence-electron chi connectivity index (χ3n) is 4.77. The molecule has 29 heavy (non-hydrogen) atoms. The molecule has 2 amide bonds. The summed E-state index contributed by atoms with van der Waals surface area (Å²) in [6.45, 7) is 3.67. The fourth-order valence-corrected chi connectivity index (χ4v) is 3.27. The number of nitrogens with one attached hydrogen (secondary N) is 1. The lowest BCUT2D eigenvalue weighted by molar-refractivity contribution is -0.130. The lowest BCUT2D eigenvalue weighted by Crippen LogP contribution is -2.40. The van der Waals surface area contributed by atoms with Crippen molar-refractivity contribution >= 4 is 35.3 Å². The highest BCUT2D eigenvalue weighted by atomic mass is 35.5. The third-order valence-corrected chi connectivity index (χ3v) is 4.99. The Kier molecular flexibility index (Phi) is 7.25. The van der Waals surface area contributed by atoms with E-state index in [0.717, 1.165) is 11.3 Å². The lowest BCUT2D eigenvalue weighted by atomic mass is 9.96. The average molecular weight is 414 g/mol. The molecule has 0 saturated carbocycles. The Hall–Kier alpha value is -2.86. The van der Waals surface area contributed by atoms with Crippen LogP contribution in [0, 0.1) is 5.92 Å². The van der Waals surface area contributed by atoms with Gasteiger partial charge in [0, 0.05) is 31.3 Å². The van der Waals surface area contributed by atoms with Crippen LogP contribution < -0.4 is 10.1 Å². The predicted octanol–water partition coefficient (Wildman–Crippen LogP) is 4.02. The van der Waals surface area contributed by atoms with Gasteiger partial charge in [-0.15, -0.1) is 0 Å². The van der Waals surface area contributed by atoms with Crippen LogP contribution in [-0.2, 0) is 9.59 Å². The first-order valence-electron chi connectivity index (χ1n) is 9.67. The molecule has 0 atom stereocenters. The topological polar surface area (TPSA) is 71.5 Å². The summed E-state index contributed by atoms with van der Waals surface area (Å²) in [5.41, 5.74) is 0.937.